The highest BCUT2D eigenvalue weighted by molar-refractivity contribution is 5.95. The van der Waals surface area contributed by atoms with Gasteiger partial charge >= 0.3 is 5.97 Å². The number of rotatable bonds is 5. The lowest BCUT2D eigenvalue weighted by molar-refractivity contribution is -0.137. The average Bonchev–Trinajstić information content (AvgIpc) is 2.83. The first kappa shape index (κ1) is 13.2. The Morgan fingerprint density at radius 1 is 1.37 bits per heavy atom. The summed E-state index contributed by atoms with van der Waals surface area (Å²) in [4.78, 5) is 22.4. The predicted octanol–water partition coefficient (Wildman–Crippen LogP) is 1.40. The van der Waals surface area contributed by atoms with Crippen LogP contribution in [0.5, 0.6) is 11.5 Å². The number of carbonyl (C=O) groups is 2. The molecule has 1 aliphatic heterocycles. The van der Waals surface area contributed by atoms with Gasteiger partial charge in [-0.25, -0.2) is 0 Å². The highest BCUT2D eigenvalue weighted by Crippen LogP contribution is 2.32. The van der Waals surface area contributed by atoms with Gasteiger partial charge in [0.25, 0.3) is 5.91 Å². The minimum absolute atomic E-state index is 0.0303. The van der Waals surface area contributed by atoms with Gasteiger partial charge in [0.2, 0.25) is 6.79 Å². The van der Waals surface area contributed by atoms with E-state index in [-0.39, 0.29) is 25.2 Å². The van der Waals surface area contributed by atoms with E-state index in [9.17, 15) is 9.59 Å². The molecule has 1 aromatic rings. The summed E-state index contributed by atoms with van der Waals surface area (Å²) in [6.45, 7) is 1.93. The van der Waals surface area contributed by atoms with Gasteiger partial charge in [-0.3, -0.25) is 9.59 Å². The van der Waals surface area contributed by atoms with Crippen LogP contribution in [-0.2, 0) is 4.79 Å². The van der Waals surface area contributed by atoms with Crippen molar-refractivity contribution in [2.75, 3.05) is 6.79 Å². The minimum atomic E-state index is -0.871. The largest absolute Gasteiger partial charge is 0.481 e. The Bertz CT molecular complexity index is 500. The van der Waals surface area contributed by atoms with Crippen molar-refractivity contribution < 1.29 is 24.2 Å². The SMILES string of the molecule is CC(CCC(=O)O)NC(=O)c1ccc2c(c1)OCO2. The number of amides is 1. The number of carboxylic acids is 1. The number of benzene rings is 1. The van der Waals surface area contributed by atoms with E-state index in [1.165, 1.54) is 0 Å². The lowest BCUT2D eigenvalue weighted by Crippen LogP contribution is -2.32. The Hall–Kier alpha value is -2.24. The molecule has 1 aliphatic rings. The zero-order valence-electron chi connectivity index (χ0n) is 10.5. The van der Waals surface area contributed by atoms with Crippen LogP contribution in [-0.4, -0.2) is 29.8 Å². The van der Waals surface area contributed by atoms with Gasteiger partial charge in [0, 0.05) is 18.0 Å². The van der Waals surface area contributed by atoms with Crippen LogP contribution >= 0.6 is 0 Å². The standard InChI is InChI=1S/C13H15NO5/c1-8(2-5-12(15)16)14-13(17)9-3-4-10-11(6-9)19-7-18-10/h3-4,6,8H,2,5,7H2,1H3,(H,14,17)(H,15,16). The van der Waals surface area contributed by atoms with Gasteiger partial charge in [0.1, 0.15) is 0 Å². The van der Waals surface area contributed by atoms with Crippen molar-refractivity contribution in [3.8, 4) is 11.5 Å². The highest BCUT2D eigenvalue weighted by Gasteiger charge is 2.17. The van der Waals surface area contributed by atoms with Crippen molar-refractivity contribution in [1.82, 2.24) is 5.32 Å². The first-order valence-electron chi connectivity index (χ1n) is 5.98. The van der Waals surface area contributed by atoms with E-state index in [2.05, 4.69) is 5.32 Å². The average molecular weight is 265 g/mol. The minimum Gasteiger partial charge on any atom is -0.481 e. The molecule has 6 nitrogen and oxygen atoms in total. The fraction of sp³-hybridized carbons (Fsp3) is 0.385. The normalized spacial score (nSPS) is 13.9. The quantitative estimate of drug-likeness (QED) is 0.840. The molecule has 1 atom stereocenters. The van der Waals surface area contributed by atoms with E-state index in [1.807, 2.05) is 0 Å². The van der Waals surface area contributed by atoms with Crippen LogP contribution in [0.25, 0.3) is 0 Å². The predicted molar refractivity (Wildman–Crippen MR) is 66.4 cm³/mol. The van der Waals surface area contributed by atoms with Gasteiger partial charge in [-0.1, -0.05) is 0 Å². The number of aliphatic carboxylic acids is 1. The Kier molecular flexibility index (Phi) is 3.89. The molecular formula is C13H15NO5. The summed E-state index contributed by atoms with van der Waals surface area (Å²) < 4.78 is 10.4. The molecule has 2 rings (SSSR count). The molecule has 0 aliphatic carbocycles. The van der Waals surface area contributed by atoms with Crippen molar-refractivity contribution in [3.63, 3.8) is 0 Å². The third kappa shape index (κ3) is 3.37. The molecule has 1 amide bonds. The first-order valence-corrected chi connectivity index (χ1v) is 5.98. The smallest absolute Gasteiger partial charge is 0.303 e. The molecule has 1 unspecified atom stereocenters. The summed E-state index contributed by atoms with van der Waals surface area (Å²) in [6, 6.07) is 4.74. The van der Waals surface area contributed by atoms with Crippen molar-refractivity contribution in [2.24, 2.45) is 0 Å². The monoisotopic (exact) mass is 265 g/mol. The molecule has 0 aromatic heterocycles. The number of fused-ring (bicyclic) bond motifs is 1. The number of ether oxygens (including phenoxy) is 2. The molecule has 0 spiro atoms. The van der Waals surface area contributed by atoms with Crippen molar-refractivity contribution in [2.45, 2.75) is 25.8 Å². The molecule has 0 saturated carbocycles. The third-order valence-electron chi connectivity index (χ3n) is 2.80. The number of carbonyl (C=O) groups excluding carboxylic acids is 1. The third-order valence-corrected chi connectivity index (χ3v) is 2.80. The maximum atomic E-state index is 11.9. The topological polar surface area (TPSA) is 84.9 Å². The van der Waals surface area contributed by atoms with E-state index in [4.69, 9.17) is 14.6 Å². The van der Waals surface area contributed by atoms with Gasteiger partial charge in [-0.15, -0.1) is 0 Å². The molecule has 0 bridgehead atoms. The summed E-state index contributed by atoms with van der Waals surface area (Å²) in [5.74, 6) is 0.0432. The highest BCUT2D eigenvalue weighted by atomic mass is 16.7. The second-order valence-electron chi connectivity index (χ2n) is 4.37. The van der Waals surface area contributed by atoms with Crippen molar-refractivity contribution >= 4 is 11.9 Å². The maximum absolute atomic E-state index is 11.9. The summed E-state index contributed by atoms with van der Waals surface area (Å²) >= 11 is 0. The van der Waals surface area contributed by atoms with Gasteiger partial charge in [0.15, 0.2) is 11.5 Å². The second kappa shape index (κ2) is 5.60. The Labute approximate surface area is 110 Å². The van der Waals surface area contributed by atoms with E-state index in [1.54, 1.807) is 25.1 Å². The zero-order chi connectivity index (χ0) is 13.8. The van der Waals surface area contributed by atoms with Crippen LogP contribution in [0.3, 0.4) is 0 Å². The first-order chi connectivity index (χ1) is 9.06. The summed E-state index contributed by atoms with van der Waals surface area (Å²) in [5, 5.41) is 11.3. The van der Waals surface area contributed by atoms with Crippen LogP contribution in [0, 0.1) is 0 Å². The van der Waals surface area contributed by atoms with Crippen LogP contribution < -0.4 is 14.8 Å². The molecular weight excluding hydrogens is 250 g/mol. The summed E-state index contributed by atoms with van der Waals surface area (Å²) in [7, 11) is 0. The van der Waals surface area contributed by atoms with Gasteiger partial charge in [-0.05, 0) is 31.5 Å². The Morgan fingerprint density at radius 2 is 2.11 bits per heavy atom. The van der Waals surface area contributed by atoms with Gasteiger partial charge in [-0.2, -0.15) is 0 Å². The lowest BCUT2D eigenvalue weighted by atomic mass is 10.1. The molecule has 6 heteroatoms. The lowest BCUT2D eigenvalue weighted by Gasteiger charge is -2.12. The fourth-order valence-electron chi connectivity index (χ4n) is 1.76. The fourth-order valence-corrected chi connectivity index (χ4v) is 1.76. The molecule has 2 N–H and O–H groups in total. The number of nitrogens with one attached hydrogen (secondary N) is 1. The summed E-state index contributed by atoms with van der Waals surface area (Å²) in [6.07, 6.45) is 0.425. The molecule has 0 fully saturated rings. The van der Waals surface area contributed by atoms with E-state index >= 15 is 0 Å². The molecule has 0 radical (unpaired) electrons. The maximum Gasteiger partial charge on any atom is 0.303 e. The molecule has 19 heavy (non-hydrogen) atoms. The van der Waals surface area contributed by atoms with Crippen LogP contribution in [0.2, 0.25) is 0 Å². The number of hydrogen-bond donors (Lipinski definition) is 2. The van der Waals surface area contributed by atoms with E-state index in [0.29, 0.717) is 23.5 Å². The van der Waals surface area contributed by atoms with E-state index < -0.39 is 5.97 Å². The number of hydrogen-bond acceptors (Lipinski definition) is 4. The summed E-state index contributed by atoms with van der Waals surface area (Å²) in [5.41, 5.74) is 0.464. The van der Waals surface area contributed by atoms with Gasteiger partial charge < -0.3 is 19.9 Å². The molecule has 102 valence electrons. The van der Waals surface area contributed by atoms with Crippen molar-refractivity contribution in [1.29, 1.82) is 0 Å². The van der Waals surface area contributed by atoms with Crippen LogP contribution in [0.4, 0.5) is 0 Å². The Balaban J connectivity index is 1.94. The van der Waals surface area contributed by atoms with Crippen molar-refractivity contribution in [3.05, 3.63) is 23.8 Å². The van der Waals surface area contributed by atoms with Crippen LogP contribution in [0.1, 0.15) is 30.1 Å². The molecule has 0 saturated heterocycles. The second-order valence-corrected chi connectivity index (χ2v) is 4.37. The van der Waals surface area contributed by atoms with Crippen LogP contribution in [0.15, 0.2) is 18.2 Å². The van der Waals surface area contributed by atoms with Gasteiger partial charge in [0.05, 0.1) is 0 Å². The molecule has 1 aromatic carbocycles. The zero-order valence-corrected chi connectivity index (χ0v) is 10.5. The number of carboxylic acid groups (broad SMARTS) is 1. The van der Waals surface area contributed by atoms with E-state index in [0.717, 1.165) is 0 Å². The molecule has 1 heterocycles. The Morgan fingerprint density at radius 3 is 2.84 bits per heavy atom.